The molecule has 0 radical (unpaired) electrons. The molecule has 0 bridgehead atoms. The number of nitrogens with zero attached hydrogens (tertiary/aromatic N) is 1. The lowest BCUT2D eigenvalue weighted by molar-refractivity contribution is 0.546. The summed E-state index contributed by atoms with van der Waals surface area (Å²) in [5, 5.41) is 3.43. The maximum Gasteiger partial charge on any atom is 0.0992 e. The van der Waals surface area contributed by atoms with Crippen molar-refractivity contribution in [2.75, 3.05) is 6.54 Å². The van der Waals surface area contributed by atoms with E-state index in [9.17, 15) is 0 Å². The Morgan fingerprint density at radius 2 is 2.22 bits per heavy atom. The summed E-state index contributed by atoms with van der Waals surface area (Å²) in [5.41, 5.74) is 2.10. The van der Waals surface area contributed by atoms with Gasteiger partial charge < -0.3 is 5.32 Å². The minimum atomic E-state index is 0.154. The van der Waals surface area contributed by atoms with Crippen LogP contribution < -0.4 is 5.32 Å². The van der Waals surface area contributed by atoms with E-state index in [1.807, 2.05) is 24.3 Å². The number of likely N-dealkylation sites (N-methyl/N-ethyl adjacent to an activating group) is 1. The Balaban J connectivity index is 2.21. The minimum absolute atomic E-state index is 0.154. The number of pyridine rings is 1. The monoisotopic (exact) mass is 300 g/mol. The summed E-state index contributed by atoms with van der Waals surface area (Å²) < 4.78 is 1.47. The second kappa shape index (κ2) is 6.53. The van der Waals surface area contributed by atoms with Gasteiger partial charge >= 0.3 is 0 Å². The lowest BCUT2D eigenvalue weighted by atomic mass is 10.0. The highest BCUT2D eigenvalue weighted by Gasteiger charge is 2.17. The highest BCUT2D eigenvalue weighted by atomic mass is 35.5. The molecule has 0 aromatic carbocycles. The first kappa shape index (κ1) is 13.8. The van der Waals surface area contributed by atoms with Crippen molar-refractivity contribution < 1.29 is 0 Å². The van der Waals surface area contributed by atoms with E-state index < -0.39 is 0 Å². The molecule has 2 heterocycles. The van der Waals surface area contributed by atoms with E-state index >= 15 is 0 Å². The predicted octanol–water partition coefficient (Wildman–Crippen LogP) is 4.34. The molecule has 2 rings (SSSR count). The topological polar surface area (TPSA) is 24.9 Å². The van der Waals surface area contributed by atoms with E-state index in [0.717, 1.165) is 32.9 Å². The number of hydrogen-bond acceptors (Lipinski definition) is 3. The fraction of sp³-hybridized carbons (Fsp3) is 0.308. The summed E-state index contributed by atoms with van der Waals surface area (Å²) in [7, 11) is 0. The zero-order chi connectivity index (χ0) is 13.0. The Labute approximate surface area is 121 Å². The van der Waals surface area contributed by atoms with Crippen molar-refractivity contribution in [1.82, 2.24) is 10.3 Å². The maximum absolute atomic E-state index is 6.22. The lowest BCUT2D eigenvalue weighted by Crippen LogP contribution is -2.23. The van der Waals surface area contributed by atoms with Gasteiger partial charge in [0.15, 0.2) is 0 Å². The van der Waals surface area contributed by atoms with Gasteiger partial charge in [-0.3, -0.25) is 4.98 Å². The second-order valence-corrected chi connectivity index (χ2v) is 6.20. The first-order valence-corrected chi connectivity index (χ1v) is 7.36. The number of hydrogen-bond donors (Lipinski definition) is 1. The van der Waals surface area contributed by atoms with Gasteiger partial charge in [-0.05, 0) is 24.7 Å². The van der Waals surface area contributed by atoms with Gasteiger partial charge in [-0.25, -0.2) is 0 Å². The fourth-order valence-corrected chi connectivity index (χ4v) is 3.44. The molecule has 0 fully saturated rings. The lowest BCUT2D eigenvalue weighted by Gasteiger charge is -2.17. The molecule has 1 unspecified atom stereocenters. The third kappa shape index (κ3) is 3.45. The molecular formula is C13H14Cl2N2S. The fourth-order valence-electron chi connectivity index (χ4n) is 1.86. The molecule has 0 aliphatic heterocycles. The third-order valence-electron chi connectivity index (χ3n) is 2.65. The van der Waals surface area contributed by atoms with Crippen LogP contribution in [0.15, 0.2) is 30.5 Å². The van der Waals surface area contributed by atoms with Crippen molar-refractivity contribution in [3.05, 3.63) is 50.4 Å². The predicted molar refractivity (Wildman–Crippen MR) is 78.7 cm³/mol. The number of aromatic nitrogens is 1. The van der Waals surface area contributed by atoms with Crippen LogP contribution in [-0.4, -0.2) is 11.5 Å². The summed E-state index contributed by atoms with van der Waals surface area (Å²) >= 11 is 13.6. The Bertz CT molecular complexity index is 499. The minimum Gasteiger partial charge on any atom is -0.310 e. The summed E-state index contributed by atoms with van der Waals surface area (Å²) in [6.45, 7) is 2.95. The van der Waals surface area contributed by atoms with E-state index in [0.29, 0.717) is 0 Å². The van der Waals surface area contributed by atoms with Gasteiger partial charge in [-0.1, -0.05) is 36.2 Å². The van der Waals surface area contributed by atoms with Crippen LogP contribution in [-0.2, 0) is 6.42 Å². The van der Waals surface area contributed by atoms with Crippen LogP contribution in [0.4, 0.5) is 0 Å². The molecule has 2 aromatic heterocycles. The van der Waals surface area contributed by atoms with E-state index in [2.05, 4.69) is 17.2 Å². The van der Waals surface area contributed by atoms with Gasteiger partial charge in [0.2, 0.25) is 0 Å². The van der Waals surface area contributed by atoms with Crippen molar-refractivity contribution in [3.63, 3.8) is 0 Å². The van der Waals surface area contributed by atoms with E-state index in [1.54, 1.807) is 6.20 Å². The van der Waals surface area contributed by atoms with E-state index in [4.69, 9.17) is 23.2 Å². The van der Waals surface area contributed by atoms with Crippen LogP contribution in [0.25, 0.3) is 0 Å². The number of thiophene rings is 1. The average molecular weight is 301 g/mol. The molecule has 0 saturated carbocycles. The van der Waals surface area contributed by atoms with Crippen LogP contribution >= 0.6 is 34.5 Å². The molecule has 0 aliphatic rings. The highest BCUT2D eigenvalue weighted by molar-refractivity contribution is 7.20. The van der Waals surface area contributed by atoms with Gasteiger partial charge in [-0.2, -0.15) is 0 Å². The SMILES string of the molecule is CCNC(Cc1ccccn1)c1cc(Cl)sc1Cl. The molecule has 0 spiro atoms. The van der Waals surface area contributed by atoms with Crippen molar-refractivity contribution >= 4 is 34.5 Å². The van der Waals surface area contributed by atoms with Crippen molar-refractivity contribution in [1.29, 1.82) is 0 Å². The highest BCUT2D eigenvalue weighted by Crippen LogP contribution is 2.35. The molecule has 1 N–H and O–H groups in total. The molecule has 0 saturated heterocycles. The first-order chi connectivity index (χ1) is 8.70. The molecule has 2 nitrogen and oxygen atoms in total. The number of rotatable bonds is 5. The molecule has 0 aliphatic carbocycles. The van der Waals surface area contributed by atoms with Gasteiger partial charge in [-0.15, -0.1) is 11.3 Å². The summed E-state index contributed by atoms with van der Waals surface area (Å²) in [5.74, 6) is 0. The average Bonchev–Trinajstić information content (AvgIpc) is 2.69. The van der Waals surface area contributed by atoms with E-state index in [1.165, 1.54) is 11.3 Å². The van der Waals surface area contributed by atoms with Crippen LogP contribution in [0, 0.1) is 0 Å². The van der Waals surface area contributed by atoms with Crippen LogP contribution in [0.2, 0.25) is 8.67 Å². The van der Waals surface area contributed by atoms with Gasteiger partial charge in [0.1, 0.15) is 0 Å². The normalized spacial score (nSPS) is 12.6. The molecule has 96 valence electrons. The maximum atomic E-state index is 6.22. The van der Waals surface area contributed by atoms with E-state index in [-0.39, 0.29) is 6.04 Å². The Kier molecular flexibility index (Phi) is 5.01. The smallest absolute Gasteiger partial charge is 0.0992 e. The molecule has 1 atom stereocenters. The largest absolute Gasteiger partial charge is 0.310 e. The summed E-state index contributed by atoms with van der Waals surface area (Å²) in [6, 6.07) is 8.02. The second-order valence-electron chi connectivity index (χ2n) is 3.92. The molecule has 2 aromatic rings. The van der Waals surface area contributed by atoms with Gasteiger partial charge in [0.25, 0.3) is 0 Å². The van der Waals surface area contributed by atoms with Gasteiger partial charge in [0, 0.05) is 29.9 Å². The van der Waals surface area contributed by atoms with Crippen LogP contribution in [0.1, 0.15) is 24.2 Å². The van der Waals surface area contributed by atoms with Gasteiger partial charge in [0.05, 0.1) is 8.67 Å². The molecule has 5 heteroatoms. The number of halogens is 2. The zero-order valence-corrected chi connectivity index (χ0v) is 12.3. The Morgan fingerprint density at radius 3 is 2.78 bits per heavy atom. The molecule has 0 amide bonds. The van der Waals surface area contributed by atoms with Crippen molar-refractivity contribution in [2.45, 2.75) is 19.4 Å². The summed E-state index contributed by atoms with van der Waals surface area (Å²) in [4.78, 5) is 4.35. The standard InChI is InChI=1S/C13H14Cl2N2S/c1-2-16-11(7-9-5-3-4-6-17-9)10-8-12(14)18-13(10)15/h3-6,8,11,16H,2,7H2,1H3. The molecule has 18 heavy (non-hydrogen) atoms. The first-order valence-electron chi connectivity index (χ1n) is 5.78. The van der Waals surface area contributed by atoms with Crippen LogP contribution in [0.5, 0.6) is 0 Å². The number of nitrogens with one attached hydrogen (secondary N) is 1. The third-order valence-corrected chi connectivity index (χ3v) is 4.17. The zero-order valence-electron chi connectivity index (χ0n) is 9.99. The summed E-state index contributed by atoms with van der Waals surface area (Å²) in [6.07, 6.45) is 2.61. The van der Waals surface area contributed by atoms with Crippen molar-refractivity contribution in [2.24, 2.45) is 0 Å². The Morgan fingerprint density at radius 1 is 1.39 bits per heavy atom. The van der Waals surface area contributed by atoms with Crippen LogP contribution in [0.3, 0.4) is 0 Å². The molecular weight excluding hydrogens is 287 g/mol. The van der Waals surface area contributed by atoms with Crippen molar-refractivity contribution in [3.8, 4) is 0 Å². The quantitative estimate of drug-likeness (QED) is 0.888. The Hall–Kier alpha value is -0.610.